The van der Waals surface area contributed by atoms with Gasteiger partial charge in [-0.25, -0.2) is 19.0 Å². The number of piperazine rings is 1. The Morgan fingerprint density at radius 2 is 1.52 bits per heavy atom. The van der Waals surface area contributed by atoms with Gasteiger partial charge >= 0.3 is 12.2 Å². The Morgan fingerprint density at radius 3 is 2.03 bits per heavy atom. The van der Waals surface area contributed by atoms with E-state index in [0.717, 1.165) is 0 Å². The predicted octanol–water partition coefficient (Wildman–Crippen LogP) is 5.14. The Kier molecular flexibility index (Phi) is 6.64. The third-order valence-corrected chi connectivity index (χ3v) is 5.24. The third-order valence-electron chi connectivity index (χ3n) is 5.24. The lowest BCUT2D eigenvalue weighted by atomic mass is 10.0. The van der Waals surface area contributed by atoms with Crippen LogP contribution in [0.25, 0.3) is 10.9 Å². The fraction of sp³-hybridized carbons (Fsp3) is 0.625. The average molecular weight is 463 g/mol. The number of amides is 1. The normalized spacial score (nSPS) is 15.3. The first-order chi connectivity index (χ1) is 15.2. The molecule has 2 aromatic rings. The van der Waals surface area contributed by atoms with Gasteiger partial charge in [-0.3, -0.25) is 4.57 Å². The topological polar surface area (TPSA) is 76.9 Å². The first kappa shape index (κ1) is 24.8. The van der Waals surface area contributed by atoms with Gasteiger partial charge in [0.2, 0.25) is 0 Å². The fourth-order valence-corrected chi connectivity index (χ4v) is 3.75. The fourth-order valence-electron chi connectivity index (χ4n) is 3.75. The van der Waals surface area contributed by atoms with E-state index in [0.29, 0.717) is 42.6 Å². The summed E-state index contributed by atoms with van der Waals surface area (Å²) in [5.41, 5.74) is -0.154. The largest absolute Gasteiger partial charge is 0.444 e. The maximum Gasteiger partial charge on any atom is 0.419 e. The van der Waals surface area contributed by atoms with Crippen LogP contribution in [0.5, 0.6) is 0 Å². The van der Waals surface area contributed by atoms with Crippen LogP contribution in [0.3, 0.4) is 0 Å². The summed E-state index contributed by atoms with van der Waals surface area (Å²) in [5, 5.41) is 0.371. The van der Waals surface area contributed by atoms with Gasteiger partial charge in [0.25, 0.3) is 0 Å². The molecule has 33 heavy (non-hydrogen) atoms. The van der Waals surface area contributed by atoms with Crippen molar-refractivity contribution in [2.75, 3.05) is 31.1 Å². The maximum absolute atomic E-state index is 15.8. The van der Waals surface area contributed by atoms with E-state index in [4.69, 9.17) is 9.47 Å². The number of pyridine rings is 1. The molecule has 0 unspecified atom stereocenters. The molecule has 0 spiro atoms. The number of carbonyl (C=O) groups excluding carboxylic acids is 2. The zero-order chi connectivity index (χ0) is 24.7. The second-order valence-corrected chi connectivity index (χ2v) is 10.7. The molecule has 0 radical (unpaired) electrons. The molecule has 0 aliphatic carbocycles. The van der Waals surface area contributed by atoms with Gasteiger partial charge in [0, 0.05) is 37.8 Å². The van der Waals surface area contributed by atoms with E-state index in [9.17, 15) is 9.59 Å². The molecule has 8 nitrogen and oxygen atoms in total. The third kappa shape index (κ3) is 5.57. The number of carbonyl (C=O) groups is 2. The Labute approximate surface area is 194 Å². The molecule has 0 atom stereocenters. The molecular weight excluding hydrogens is 427 g/mol. The van der Waals surface area contributed by atoms with Gasteiger partial charge in [0.15, 0.2) is 11.6 Å². The minimum Gasteiger partial charge on any atom is -0.444 e. The van der Waals surface area contributed by atoms with Gasteiger partial charge in [0.1, 0.15) is 11.2 Å². The quantitative estimate of drug-likeness (QED) is 0.615. The zero-order valence-corrected chi connectivity index (χ0v) is 20.9. The molecule has 9 heteroatoms. The number of hydrogen-bond acceptors (Lipinski definition) is 6. The lowest BCUT2D eigenvalue weighted by Gasteiger charge is -2.36. The summed E-state index contributed by atoms with van der Waals surface area (Å²) in [6.45, 7) is 16.4. The van der Waals surface area contributed by atoms with Crippen molar-refractivity contribution in [3.63, 3.8) is 0 Å². The van der Waals surface area contributed by atoms with Crippen LogP contribution in [0.4, 0.5) is 19.8 Å². The molecule has 0 N–H and O–H groups in total. The van der Waals surface area contributed by atoms with Crippen LogP contribution in [-0.4, -0.2) is 64.0 Å². The highest BCUT2D eigenvalue weighted by molar-refractivity contribution is 5.93. The molecular formula is C24H35FN4O4. The zero-order valence-electron chi connectivity index (χ0n) is 20.9. The second kappa shape index (κ2) is 8.83. The summed E-state index contributed by atoms with van der Waals surface area (Å²) >= 11 is 0. The molecule has 0 saturated carbocycles. The molecule has 3 heterocycles. The molecule has 1 aliphatic rings. The minimum absolute atomic E-state index is 0.00930. The summed E-state index contributed by atoms with van der Waals surface area (Å²) < 4.78 is 28.0. The molecule has 2 aromatic heterocycles. The van der Waals surface area contributed by atoms with E-state index in [-0.39, 0.29) is 17.8 Å². The van der Waals surface area contributed by atoms with E-state index in [1.54, 1.807) is 31.9 Å². The molecule has 3 rings (SSSR count). The number of fused-ring (bicyclic) bond motifs is 1. The van der Waals surface area contributed by atoms with Crippen molar-refractivity contribution < 1.29 is 23.5 Å². The lowest BCUT2D eigenvalue weighted by molar-refractivity contribution is 0.0240. The van der Waals surface area contributed by atoms with Crippen LogP contribution in [0.1, 0.15) is 66.9 Å². The summed E-state index contributed by atoms with van der Waals surface area (Å²) in [4.78, 5) is 32.9. The van der Waals surface area contributed by atoms with Crippen molar-refractivity contribution in [3.8, 4) is 0 Å². The SMILES string of the molecule is CC(C)c1cn(C(=O)OC(C)(C)C)c2cnc(N3CCN(C(=O)OC(C)(C)C)CC3)c(F)c12. The van der Waals surface area contributed by atoms with Crippen LogP contribution in [-0.2, 0) is 9.47 Å². The number of halogens is 1. The van der Waals surface area contributed by atoms with Crippen LogP contribution in [0, 0.1) is 5.82 Å². The number of ether oxygens (including phenoxy) is 2. The molecule has 182 valence electrons. The van der Waals surface area contributed by atoms with Gasteiger partial charge in [-0.2, -0.15) is 0 Å². The summed E-state index contributed by atoms with van der Waals surface area (Å²) in [7, 11) is 0. The maximum atomic E-state index is 15.8. The highest BCUT2D eigenvalue weighted by Crippen LogP contribution is 2.34. The Bertz CT molecular complexity index is 1040. The highest BCUT2D eigenvalue weighted by atomic mass is 19.1. The first-order valence-electron chi connectivity index (χ1n) is 11.3. The second-order valence-electron chi connectivity index (χ2n) is 10.7. The van der Waals surface area contributed by atoms with E-state index in [1.165, 1.54) is 10.8 Å². The lowest BCUT2D eigenvalue weighted by Crippen LogP contribution is -2.50. The highest BCUT2D eigenvalue weighted by Gasteiger charge is 2.30. The molecule has 0 bridgehead atoms. The van der Waals surface area contributed by atoms with Gasteiger partial charge in [0.05, 0.1) is 11.7 Å². The van der Waals surface area contributed by atoms with Crippen LogP contribution in [0.15, 0.2) is 12.4 Å². The average Bonchev–Trinajstić information content (AvgIpc) is 3.07. The van der Waals surface area contributed by atoms with Crippen molar-refractivity contribution in [3.05, 3.63) is 23.8 Å². The molecule has 1 saturated heterocycles. The molecule has 1 amide bonds. The standard InChI is InChI=1S/C24H35FN4O4/c1-15(2)16-14-29(22(31)33-24(6,7)8)17-13-26-20(19(25)18(16)17)27-9-11-28(12-10-27)21(30)32-23(3,4)5/h13-15H,9-12H2,1-8H3. The number of nitrogens with zero attached hydrogens (tertiary/aromatic N) is 4. The molecule has 1 aliphatic heterocycles. The van der Waals surface area contributed by atoms with E-state index in [2.05, 4.69) is 4.98 Å². The van der Waals surface area contributed by atoms with Crippen molar-refractivity contribution in [1.29, 1.82) is 0 Å². The van der Waals surface area contributed by atoms with Crippen molar-refractivity contribution in [1.82, 2.24) is 14.5 Å². The van der Waals surface area contributed by atoms with Crippen LogP contribution in [0.2, 0.25) is 0 Å². The van der Waals surface area contributed by atoms with Crippen molar-refractivity contribution in [2.24, 2.45) is 0 Å². The van der Waals surface area contributed by atoms with Crippen molar-refractivity contribution in [2.45, 2.75) is 72.5 Å². The van der Waals surface area contributed by atoms with Crippen LogP contribution < -0.4 is 4.90 Å². The Morgan fingerprint density at radius 1 is 0.970 bits per heavy atom. The van der Waals surface area contributed by atoms with Gasteiger partial charge in [-0.05, 0) is 53.0 Å². The Hall–Kier alpha value is -2.84. The van der Waals surface area contributed by atoms with Gasteiger partial charge in [-0.1, -0.05) is 13.8 Å². The Balaban J connectivity index is 1.89. The van der Waals surface area contributed by atoms with Crippen molar-refractivity contribution >= 4 is 28.9 Å². The summed E-state index contributed by atoms with van der Waals surface area (Å²) in [6, 6.07) is 0. The monoisotopic (exact) mass is 462 g/mol. The van der Waals surface area contributed by atoms with E-state index >= 15 is 4.39 Å². The predicted molar refractivity (Wildman–Crippen MR) is 125 cm³/mol. The molecule has 0 aromatic carbocycles. The smallest absolute Gasteiger partial charge is 0.419 e. The van der Waals surface area contributed by atoms with Gasteiger partial charge < -0.3 is 19.3 Å². The number of anilines is 1. The number of aromatic nitrogens is 2. The van der Waals surface area contributed by atoms with Gasteiger partial charge in [-0.15, -0.1) is 0 Å². The van der Waals surface area contributed by atoms with E-state index in [1.807, 2.05) is 39.5 Å². The summed E-state index contributed by atoms with van der Waals surface area (Å²) in [6.07, 6.45) is 2.21. The molecule has 1 fully saturated rings. The minimum atomic E-state index is -0.675. The van der Waals surface area contributed by atoms with E-state index < -0.39 is 23.1 Å². The first-order valence-corrected chi connectivity index (χ1v) is 11.3. The summed E-state index contributed by atoms with van der Waals surface area (Å²) in [5.74, 6) is -0.260. The number of rotatable bonds is 2. The van der Waals surface area contributed by atoms with Crippen LogP contribution >= 0.6 is 0 Å². The number of hydrogen-bond donors (Lipinski definition) is 0.